The van der Waals surface area contributed by atoms with E-state index in [1.165, 1.54) is 0 Å². The third-order valence-electron chi connectivity index (χ3n) is 2.51. The Bertz CT molecular complexity index is 124. The van der Waals surface area contributed by atoms with Crippen molar-refractivity contribution < 1.29 is 9.84 Å². The zero-order chi connectivity index (χ0) is 10.3. The van der Waals surface area contributed by atoms with Crippen LogP contribution in [0.5, 0.6) is 0 Å². The average molecular weight is 189 g/mol. The van der Waals surface area contributed by atoms with E-state index < -0.39 is 0 Å². The van der Waals surface area contributed by atoms with E-state index in [0.29, 0.717) is 13.2 Å². The van der Waals surface area contributed by atoms with Gasteiger partial charge < -0.3 is 15.6 Å². The second-order valence-corrected chi connectivity index (χ2v) is 3.87. The van der Waals surface area contributed by atoms with Crippen LogP contribution in [-0.4, -0.2) is 30.5 Å². The molecule has 0 amide bonds. The fourth-order valence-corrected chi connectivity index (χ4v) is 0.970. The van der Waals surface area contributed by atoms with Gasteiger partial charge in [0.1, 0.15) is 0 Å². The van der Waals surface area contributed by atoms with Crippen LogP contribution in [0.1, 0.15) is 33.6 Å². The summed E-state index contributed by atoms with van der Waals surface area (Å²) in [5.74, 6) is 0.206. The summed E-state index contributed by atoms with van der Waals surface area (Å²) in [6, 6.07) is 0. The highest BCUT2D eigenvalue weighted by Crippen LogP contribution is 2.11. The summed E-state index contributed by atoms with van der Waals surface area (Å²) in [5, 5.41) is 8.77. The SMILES string of the molecule is CCC(N)(CC)COCC(C)CO. The van der Waals surface area contributed by atoms with E-state index in [0.717, 1.165) is 12.8 Å². The number of ether oxygens (including phenoxy) is 1. The number of aliphatic hydroxyl groups is 1. The Hall–Kier alpha value is -0.120. The number of aliphatic hydroxyl groups excluding tert-OH is 1. The van der Waals surface area contributed by atoms with Crippen LogP contribution in [-0.2, 0) is 4.74 Å². The summed E-state index contributed by atoms with van der Waals surface area (Å²) in [6.07, 6.45) is 1.86. The molecule has 0 aliphatic rings. The molecule has 0 saturated carbocycles. The van der Waals surface area contributed by atoms with Crippen molar-refractivity contribution in [3.63, 3.8) is 0 Å². The number of hydrogen-bond acceptors (Lipinski definition) is 3. The van der Waals surface area contributed by atoms with Crippen LogP contribution in [0.15, 0.2) is 0 Å². The molecule has 0 heterocycles. The van der Waals surface area contributed by atoms with Gasteiger partial charge in [0.25, 0.3) is 0 Å². The molecule has 3 N–H and O–H groups in total. The normalized spacial score (nSPS) is 14.5. The lowest BCUT2D eigenvalue weighted by atomic mass is 9.96. The Balaban J connectivity index is 3.61. The maximum absolute atomic E-state index is 8.77. The Kier molecular flexibility index (Phi) is 6.29. The molecule has 0 fully saturated rings. The monoisotopic (exact) mass is 189 g/mol. The molecular weight excluding hydrogens is 166 g/mol. The van der Waals surface area contributed by atoms with Gasteiger partial charge in [0.05, 0.1) is 13.2 Å². The van der Waals surface area contributed by atoms with Crippen LogP contribution in [0, 0.1) is 5.92 Å². The van der Waals surface area contributed by atoms with Gasteiger partial charge >= 0.3 is 0 Å². The molecule has 3 heteroatoms. The smallest absolute Gasteiger partial charge is 0.0646 e. The molecule has 0 aromatic heterocycles. The minimum atomic E-state index is -0.185. The van der Waals surface area contributed by atoms with E-state index >= 15 is 0 Å². The molecule has 0 aromatic rings. The third kappa shape index (κ3) is 5.24. The molecule has 0 aromatic carbocycles. The van der Waals surface area contributed by atoms with Gasteiger partial charge in [-0.3, -0.25) is 0 Å². The highest BCUT2D eigenvalue weighted by molar-refractivity contribution is 4.80. The zero-order valence-electron chi connectivity index (χ0n) is 9.05. The topological polar surface area (TPSA) is 55.5 Å². The van der Waals surface area contributed by atoms with Gasteiger partial charge in [-0.05, 0) is 12.8 Å². The van der Waals surface area contributed by atoms with Gasteiger partial charge in [-0.1, -0.05) is 20.8 Å². The largest absolute Gasteiger partial charge is 0.396 e. The highest BCUT2D eigenvalue weighted by atomic mass is 16.5. The molecule has 80 valence electrons. The highest BCUT2D eigenvalue weighted by Gasteiger charge is 2.20. The Labute approximate surface area is 81.3 Å². The quantitative estimate of drug-likeness (QED) is 0.631. The number of hydrogen-bond donors (Lipinski definition) is 2. The maximum Gasteiger partial charge on any atom is 0.0646 e. The fourth-order valence-electron chi connectivity index (χ4n) is 0.970. The van der Waals surface area contributed by atoms with Gasteiger partial charge in [-0.2, -0.15) is 0 Å². The van der Waals surface area contributed by atoms with Crippen LogP contribution in [0.25, 0.3) is 0 Å². The number of rotatable bonds is 7. The molecule has 0 aliphatic carbocycles. The van der Waals surface area contributed by atoms with Crippen LogP contribution < -0.4 is 5.73 Å². The van der Waals surface area contributed by atoms with Crippen molar-refractivity contribution >= 4 is 0 Å². The van der Waals surface area contributed by atoms with Crippen molar-refractivity contribution in [2.45, 2.75) is 39.2 Å². The summed E-state index contributed by atoms with van der Waals surface area (Å²) < 4.78 is 5.45. The first-order chi connectivity index (χ1) is 6.08. The Morgan fingerprint density at radius 2 is 1.92 bits per heavy atom. The van der Waals surface area contributed by atoms with Crippen LogP contribution in [0.2, 0.25) is 0 Å². The van der Waals surface area contributed by atoms with Crippen LogP contribution in [0.4, 0.5) is 0 Å². The van der Waals surface area contributed by atoms with E-state index in [-0.39, 0.29) is 18.1 Å². The Morgan fingerprint density at radius 3 is 2.31 bits per heavy atom. The summed E-state index contributed by atoms with van der Waals surface area (Å²) >= 11 is 0. The van der Waals surface area contributed by atoms with Crippen molar-refractivity contribution in [2.75, 3.05) is 19.8 Å². The van der Waals surface area contributed by atoms with Crippen molar-refractivity contribution in [3.8, 4) is 0 Å². The summed E-state index contributed by atoms with van der Waals surface area (Å²) in [5.41, 5.74) is 5.85. The molecule has 0 spiro atoms. The molecule has 3 nitrogen and oxygen atoms in total. The fraction of sp³-hybridized carbons (Fsp3) is 1.00. The van der Waals surface area contributed by atoms with Crippen LogP contribution >= 0.6 is 0 Å². The lowest BCUT2D eigenvalue weighted by molar-refractivity contribution is 0.0451. The lowest BCUT2D eigenvalue weighted by Crippen LogP contribution is -2.43. The minimum absolute atomic E-state index is 0.176. The van der Waals surface area contributed by atoms with Gasteiger partial charge in [0.15, 0.2) is 0 Å². The first-order valence-electron chi connectivity index (χ1n) is 5.05. The predicted octanol–water partition coefficient (Wildman–Crippen LogP) is 1.15. The lowest BCUT2D eigenvalue weighted by Gasteiger charge is -2.26. The summed E-state index contributed by atoms with van der Waals surface area (Å²) in [7, 11) is 0. The standard InChI is InChI=1S/C10H23NO2/c1-4-10(11,5-2)8-13-7-9(3)6-12/h9,12H,4-8,11H2,1-3H3. The molecule has 1 atom stereocenters. The van der Waals surface area contributed by atoms with Crippen molar-refractivity contribution in [1.29, 1.82) is 0 Å². The average Bonchev–Trinajstić information content (AvgIpc) is 2.17. The molecule has 0 aliphatic heterocycles. The van der Waals surface area contributed by atoms with Crippen molar-refractivity contribution in [1.82, 2.24) is 0 Å². The number of nitrogens with two attached hydrogens (primary N) is 1. The van der Waals surface area contributed by atoms with E-state index in [4.69, 9.17) is 15.6 Å². The third-order valence-corrected chi connectivity index (χ3v) is 2.51. The molecule has 0 rings (SSSR count). The zero-order valence-corrected chi connectivity index (χ0v) is 9.05. The van der Waals surface area contributed by atoms with E-state index in [9.17, 15) is 0 Å². The second kappa shape index (κ2) is 6.35. The molecule has 0 bridgehead atoms. The van der Waals surface area contributed by atoms with E-state index in [1.807, 2.05) is 6.92 Å². The molecule has 0 radical (unpaired) electrons. The maximum atomic E-state index is 8.77. The first kappa shape index (κ1) is 12.9. The van der Waals surface area contributed by atoms with Gasteiger partial charge in [-0.15, -0.1) is 0 Å². The Morgan fingerprint density at radius 1 is 1.38 bits per heavy atom. The van der Waals surface area contributed by atoms with Crippen molar-refractivity contribution in [2.24, 2.45) is 11.7 Å². The van der Waals surface area contributed by atoms with Crippen LogP contribution in [0.3, 0.4) is 0 Å². The molecule has 13 heavy (non-hydrogen) atoms. The molecule has 0 saturated heterocycles. The van der Waals surface area contributed by atoms with Gasteiger partial charge in [0.2, 0.25) is 0 Å². The molecular formula is C10H23NO2. The van der Waals surface area contributed by atoms with Gasteiger partial charge in [0, 0.05) is 18.1 Å². The van der Waals surface area contributed by atoms with Crippen molar-refractivity contribution in [3.05, 3.63) is 0 Å². The first-order valence-corrected chi connectivity index (χ1v) is 5.05. The van der Waals surface area contributed by atoms with Gasteiger partial charge in [-0.25, -0.2) is 0 Å². The summed E-state index contributed by atoms with van der Waals surface area (Å²) in [6.45, 7) is 7.45. The molecule has 1 unspecified atom stereocenters. The second-order valence-electron chi connectivity index (χ2n) is 3.87. The summed E-state index contributed by atoms with van der Waals surface area (Å²) in [4.78, 5) is 0. The van der Waals surface area contributed by atoms with E-state index in [1.54, 1.807) is 0 Å². The van der Waals surface area contributed by atoms with E-state index in [2.05, 4.69) is 13.8 Å². The predicted molar refractivity (Wildman–Crippen MR) is 54.6 cm³/mol. The minimum Gasteiger partial charge on any atom is -0.396 e.